The molecule has 5 heteroatoms. The Morgan fingerprint density at radius 3 is 2.84 bits per heavy atom. The SMILES string of the molecule is COc1ccccc1NCC(=O)N/N=C(\C)C1CC1. The Bertz CT molecular complexity index is 481. The van der Waals surface area contributed by atoms with Gasteiger partial charge >= 0.3 is 0 Å². The lowest BCUT2D eigenvalue weighted by molar-refractivity contribution is -0.119. The smallest absolute Gasteiger partial charge is 0.259 e. The van der Waals surface area contributed by atoms with Gasteiger partial charge in [-0.2, -0.15) is 5.10 Å². The van der Waals surface area contributed by atoms with Crippen LogP contribution in [0.25, 0.3) is 0 Å². The van der Waals surface area contributed by atoms with E-state index in [2.05, 4.69) is 15.8 Å². The van der Waals surface area contributed by atoms with Gasteiger partial charge in [0.1, 0.15) is 5.75 Å². The van der Waals surface area contributed by atoms with E-state index in [1.54, 1.807) is 7.11 Å². The molecule has 0 radical (unpaired) electrons. The largest absolute Gasteiger partial charge is 0.495 e. The van der Waals surface area contributed by atoms with Crippen molar-refractivity contribution in [3.63, 3.8) is 0 Å². The number of amides is 1. The molecule has 1 aromatic rings. The van der Waals surface area contributed by atoms with E-state index in [4.69, 9.17) is 4.74 Å². The lowest BCUT2D eigenvalue weighted by Crippen LogP contribution is -2.27. The van der Waals surface area contributed by atoms with Gasteiger partial charge in [0.25, 0.3) is 5.91 Å². The summed E-state index contributed by atoms with van der Waals surface area (Å²) in [6, 6.07) is 7.48. The van der Waals surface area contributed by atoms with E-state index in [-0.39, 0.29) is 12.5 Å². The standard InChI is InChI=1S/C14H19N3O2/c1-10(11-7-8-11)16-17-14(18)9-15-12-5-3-4-6-13(12)19-2/h3-6,11,15H,7-9H2,1-2H3,(H,17,18)/b16-10+. The maximum atomic E-state index is 11.6. The fraction of sp³-hybridized carbons (Fsp3) is 0.429. The minimum atomic E-state index is -0.161. The molecule has 1 amide bonds. The lowest BCUT2D eigenvalue weighted by atomic mass is 10.3. The third-order valence-corrected chi connectivity index (χ3v) is 3.07. The van der Waals surface area contributed by atoms with Crippen LogP contribution in [0.15, 0.2) is 29.4 Å². The minimum absolute atomic E-state index is 0.161. The molecule has 2 rings (SSSR count). The van der Waals surface area contributed by atoms with Crippen LogP contribution in [0.2, 0.25) is 0 Å². The number of carbonyl (C=O) groups excluding carboxylic acids is 1. The van der Waals surface area contributed by atoms with Crippen LogP contribution in [-0.4, -0.2) is 25.3 Å². The molecular weight excluding hydrogens is 242 g/mol. The Morgan fingerprint density at radius 1 is 1.42 bits per heavy atom. The van der Waals surface area contributed by atoms with Crippen molar-refractivity contribution in [1.82, 2.24) is 5.43 Å². The molecule has 0 aromatic heterocycles. The molecule has 0 heterocycles. The number of hydrogen-bond acceptors (Lipinski definition) is 4. The predicted molar refractivity (Wildman–Crippen MR) is 75.5 cm³/mol. The van der Waals surface area contributed by atoms with Gasteiger partial charge in [-0.1, -0.05) is 12.1 Å². The number of hydrogen-bond donors (Lipinski definition) is 2. The third-order valence-electron chi connectivity index (χ3n) is 3.07. The van der Waals surface area contributed by atoms with Crippen molar-refractivity contribution < 1.29 is 9.53 Å². The Morgan fingerprint density at radius 2 is 2.16 bits per heavy atom. The van der Waals surface area contributed by atoms with E-state index in [0.717, 1.165) is 11.4 Å². The number of hydrazone groups is 1. The summed E-state index contributed by atoms with van der Waals surface area (Å²) in [6.07, 6.45) is 2.37. The highest BCUT2D eigenvalue weighted by atomic mass is 16.5. The molecule has 1 aliphatic carbocycles. The summed E-state index contributed by atoms with van der Waals surface area (Å²) >= 11 is 0. The Hall–Kier alpha value is -2.04. The lowest BCUT2D eigenvalue weighted by Gasteiger charge is -2.09. The summed E-state index contributed by atoms with van der Waals surface area (Å²) in [5.41, 5.74) is 4.36. The molecule has 19 heavy (non-hydrogen) atoms. The molecule has 1 saturated carbocycles. The zero-order valence-corrected chi connectivity index (χ0v) is 11.3. The summed E-state index contributed by atoms with van der Waals surface area (Å²) in [5.74, 6) is 1.13. The molecule has 1 aliphatic rings. The Balaban J connectivity index is 1.81. The van der Waals surface area contributed by atoms with E-state index in [1.165, 1.54) is 12.8 Å². The van der Waals surface area contributed by atoms with E-state index in [1.807, 2.05) is 31.2 Å². The molecule has 2 N–H and O–H groups in total. The maximum Gasteiger partial charge on any atom is 0.259 e. The molecule has 1 fully saturated rings. The van der Waals surface area contributed by atoms with Gasteiger partial charge in [-0.15, -0.1) is 0 Å². The van der Waals surface area contributed by atoms with Gasteiger partial charge in [-0.05, 0) is 37.8 Å². The van der Waals surface area contributed by atoms with Gasteiger partial charge < -0.3 is 10.1 Å². The van der Waals surface area contributed by atoms with Crippen LogP contribution >= 0.6 is 0 Å². The highest BCUT2D eigenvalue weighted by Crippen LogP contribution is 2.30. The fourth-order valence-electron chi connectivity index (χ4n) is 1.75. The number of anilines is 1. The fourth-order valence-corrected chi connectivity index (χ4v) is 1.75. The number of carbonyl (C=O) groups is 1. The van der Waals surface area contributed by atoms with Crippen LogP contribution in [0.1, 0.15) is 19.8 Å². The third kappa shape index (κ3) is 3.98. The molecule has 5 nitrogen and oxygen atoms in total. The second kappa shape index (κ2) is 6.22. The first kappa shape index (κ1) is 13.4. The summed E-state index contributed by atoms with van der Waals surface area (Å²) in [5, 5.41) is 7.11. The first-order valence-electron chi connectivity index (χ1n) is 6.40. The van der Waals surface area contributed by atoms with E-state index in [9.17, 15) is 4.79 Å². The quantitative estimate of drug-likeness (QED) is 0.608. The maximum absolute atomic E-state index is 11.6. The van der Waals surface area contributed by atoms with Crippen LogP contribution in [0, 0.1) is 5.92 Å². The molecule has 0 aliphatic heterocycles. The van der Waals surface area contributed by atoms with Crippen molar-refractivity contribution in [2.24, 2.45) is 11.0 Å². The molecule has 0 saturated heterocycles. The molecule has 0 atom stereocenters. The van der Waals surface area contributed by atoms with Gasteiger partial charge in [0, 0.05) is 5.71 Å². The van der Waals surface area contributed by atoms with Gasteiger partial charge in [0.15, 0.2) is 0 Å². The Labute approximate surface area is 113 Å². The van der Waals surface area contributed by atoms with Crippen molar-refractivity contribution >= 4 is 17.3 Å². The van der Waals surface area contributed by atoms with Crippen molar-refractivity contribution in [1.29, 1.82) is 0 Å². The highest BCUT2D eigenvalue weighted by Gasteiger charge is 2.24. The van der Waals surface area contributed by atoms with Crippen molar-refractivity contribution in [2.45, 2.75) is 19.8 Å². The van der Waals surface area contributed by atoms with Crippen LogP contribution < -0.4 is 15.5 Å². The Kier molecular flexibility index (Phi) is 4.39. The molecule has 1 aromatic carbocycles. The number of ether oxygens (including phenoxy) is 1. The van der Waals surface area contributed by atoms with Crippen LogP contribution in [0.5, 0.6) is 5.75 Å². The second-order valence-corrected chi connectivity index (χ2v) is 4.62. The van der Waals surface area contributed by atoms with E-state index >= 15 is 0 Å². The summed E-state index contributed by atoms with van der Waals surface area (Å²) in [4.78, 5) is 11.6. The summed E-state index contributed by atoms with van der Waals surface area (Å²) < 4.78 is 5.19. The van der Waals surface area contributed by atoms with Crippen LogP contribution in [0.3, 0.4) is 0 Å². The number of rotatable bonds is 6. The predicted octanol–water partition coefficient (Wildman–Crippen LogP) is 2.01. The minimum Gasteiger partial charge on any atom is -0.495 e. The molecule has 0 unspecified atom stereocenters. The average Bonchev–Trinajstić information content (AvgIpc) is 3.27. The highest BCUT2D eigenvalue weighted by molar-refractivity contribution is 5.88. The topological polar surface area (TPSA) is 62.7 Å². The molecule has 0 spiro atoms. The normalized spacial score (nSPS) is 14.9. The average molecular weight is 261 g/mol. The monoisotopic (exact) mass is 261 g/mol. The van der Waals surface area contributed by atoms with Gasteiger partial charge in [-0.25, -0.2) is 5.43 Å². The van der Waals surface area contributed by atoms with Gasteiger partial charge in [-0.3, -0.25) is 4.79 Å². The van der Waals surface area contributed by atoms with E-state index in [0.29, 0.717) is 11.7 Å². The first-order chi connectivity index (χ1) is 9.20. The van der Waals surface area contributed by atoms with Crippen molar-refractivity contribution in [3.8, 4) is 5.75 Å². The first-order valence-corrected chi connectivity index (χ1v) is 6.40. The summed E-state index contributed by atoms with van der Waals surface area (Å²) in [6.45, 7) is 2.12. The molecular formula is C14H19N3O2. The summed E-state index contributed by atoms with van der Waals surface area (Å²) in [7, 11) is 1.60. The number of para-hydroxylation sites is 2. The number of nitrogens with one attached hydrogen (secondary N) is 2. The molecule has 0 bridgehead atoms. The number of benzene rings is 1. The van der Waals surface area contributed by atoms with Crippen molar-refractivity contribution in [2.75, 3.05) is 19.0 Å². The zero-order chi connectivity index (χ0) is 13.7. The van der Waals surface area contributed by atoms with Gasteiger partial charge in [0.05, 0.1) is 19.3 Å². The molecule has 102 valence electrons. The zero-order valence-electron chi connectivity index (χ0n) is 11.3. The van der Waals surface area contributed by atoms with Gasteiger partial charge in [0.2, 0.25) is 0 Å². The number of nitrogens with zero attached hydrogens (tertiary/aromatic N) is 1. The van der Waals surface area contributed by atoms with Crippen LogP contribution in [-0.2, 0) is 4.79 Å². The second-order valence-electron chi connectivity index (χ2n) is 4.62. The number of methoxy groups -OCH3 is 1. The van der Waals surface area contributed by atoms with Crippen molar-refractivity contribution in [3.05, 3.63) is 24.3 Å². The van der Waals surface area contributed by atoms with Crippen LogP contribution in [0.4, 0.5) is 5.69 Å². The van der Waals surface area contributed by atoms with E-state index < -0.39 is 0 Å².